The monoisotopic (exact) mass is 779 g/mol. The average molecular weight is 779 g/mol. The number of hydrogen-bond donors (Lipinski definition) is 2. The van der Waals surface area contributed by atoms with Crippen LogP contribution in [0, 0.1) is 23.3 Å². The average Bonchev–Trinajstić information content (AvgIpc) is 3.15. The number of ether oxygens (including phenoxy) is 1. The lowest BCUT2D eigenvalue weighted by Gasteiger charge is -2.37. The molecule has 0 amide bonds. The first-order valence-corrected chi connectivity index (χ1v) is 21.4. The van der Waals surface area contributed by atoms with Crippen molar-refractivity contribution in [1.82, 2.24) is 19.6 Å². The molecule has 2 aliphatic rings. The van der Waals surface area contributed by atoms with Crippen LogP contribution in [0.15, 0.2) is 24.3 Å². The van der Waals surface area contributed by atoms with E-state index in [4.69, 9.17) is 4.74 Å². The molecule has 0 spiro atoms. The molecule has 2 aliphatic heterocycles. The van der Waals surface area contributed by atoms with E-state index in [1.54, 1.807) is 0 Å². The molecule has 0 saturated carbocycles. The van der Waals surface area contributed by atoms with E-state index in [9.17, 15) is 27.8 Å². The Kier molecular flexibility index (Phi) is 20.6. The summed E-state index contributed by atoms with van der Waals surface area (Å²) in [6.07, 6.45) is 22.3. The van der Waals surface area contributed by atoms with Crippen molar-refractivity contribution in [3.8, 4) is 11.5 Å². The van der Waals surface area contributed by atoms with Gasteiger partial charge in [0.2, 0.25) is 0 Å². The summed E-state index contributed by atoms with van der Waals surface area (Å²) in [4.78, 5) is 9.25. The lowest BCUT2D eigenvalue weighted by Crippen LogP contribution is -2.42. The largest absolute Gasteiger partial charge is 0.505 e. The normalized spacial score (nSPS) is 16.6. The molecule has 2 heterocycles. The zero-order valence-corrected chi connectivity index (χ0v) is 33.9. The number of aromatic hydroxyl groups is 2. The zero-order chi connectivity index (χ0) is 39.4. The summed E-state index contributed by atoms with van der Waals surface area (Å²) in [5, 5.41) is 19.7. The van der Waals surface area contributed by atoms with Crippen molar-refractivity contribution in [2.45, 2.75) is 141 Å². The minimum atomic E-state index is -0.904. The van der Waals surface area contributed by atoms with Crippen LogP contribution in [0.2, 0.25) is 0 Å². The molecule has 0 aliphatic carbocycles. The maximum Gasteiger partial charge on any atom is 0.168 e. The number of piperidine rings is 2. The molecule has 11 heteroatoms. The number of hydrogen-bond acceptors (Lipinski definition) is 7. The van der Waals surface area contributed by atoms with Gasteiger partial charge in [-0.25, -0.2) is 17.6 Å². The van der Waals surface area contributed by atoms with Gasteiger partial charge in [-0.2, -0.15) is 0 Å². The summed E-state index contributed by atoms with van der Waals surface area (Å²) in [5.74, 6) is -4.03. The van der Waals surface area contributed by atoms with Crippen LogP contribution >= 0.6 is 0 Å². The Balaban J connectivity index is 0.897. The maximum atomic E-state index is 13.6. The third-order valence-electron chi connectivity index (χ3n) is 11.6. The standard InChI is InChI=1S/C44H70F4N4O3/c1-49(33-35-29-37(45)31-41(47)43(35)53)21-13-9-5-3-7-11-15-23-51-25-17-39(18-26-51)55-40-19-27-52(28-20-40)24-16-12-8-4-6-10-14-22-50(2)34-36-30-38(46)32-42(48)44(36)54/h29-32,39-40,53-54H,3-28,33-34H2,1-2H3. The Morgan fingerprint density at radius 2 is 0.855 bits per heavy atom. The molecule has 7 nitrogen and oxygen atoms in total. The van der Waals surface area contributed by atoms with Crippen molar-refractivity contribution in [1.29, 1.82) is 0 Å². The molecule has 2 aromatic rings. The fourth-order valence-electron chi connectivity index (χ4n) is 8.23. The minimum absolute atomic E-state index is 0.293. The number of phenolic OH excluding ortho intramolecular Hbond substituents is 2. The van der Waals surface area contributed by atoms with E-state index in [1.165, 1.54) is 89.4 Å². The lowest BCUT2D eigenvalue weighted by molar-refractivity contribution is -0.0650. The first-order valence-electron chi connectivity index (χ1n) is 21.4. The van der Waals surface area contributed by atoms with E-state index in [0.717, 1.165) is 90.6 Å². The van der Waals surface area contributed by atoms with Crippen LogP contribution in [-0.2, 0) is 17.8 Å². The molecule has 55 heavy (non-hydrogen) atoms. The summed E-state index contributed by atoms with van der Waals surface area (Å²) in [7, 11) is 3.84. The van der Waals surface area contributed by atoms with E-state index in [-0.39, 0.29) is 0 Å². The van der Waals surface area contributed by atoms with Crippen molar-refractivity contribution in [3.05, 3.63) is 58.7 Å². The fraction of sp³-hybridized carbons (Fsp3) is 0.727. The predicted octanol–water partition coefficient (Wildman–Crippen LogP) is 9.62. The molecule has 0 unspecified atom stereocenters. The smallest absolute Gasteiger partial charge is 0.168 e. The molecule has 2 aromatic carbocycles. The molecule has 4 rings (SSSR count). The summed E-state index contributed by atoms with van der Waals surface area (Å²) in [5.41, 5.74) is 0.586. The quantitative estimate of drug-likeness (QED) is 0.0729. The highest BCUT2D eigenvalue weighted by Gasteiger charge is 2.25. The highest BCUT2D eigenvalue weighted by Crippen LogP contribution is 2.26. The van der Waals surface area contributed by atoms with Gasteiger partial charge in [0, 0.05) is 62.5 Å². The van der Waals surface area contributed by atoms with Crippen molar-refractivity contribution in [2.75, 3.05) is 66.5 Å². The van der Waals surface area contributed by atoms with Gasteiger partial charge in [0.25, 0.3) is 0 Å². The highest BCUT2D eigenvalue weighted by atomic mass is 19.1. The first kappa shape index (κ1) is 45.3. The van der Waals surface area contributed by atoms with Crippen LogP contribution in [-0.4, -0.2) is 108 Å². The number of phenols is 2. The van der Waals surface area contributed by atoms with Crippen LogP contribution in [0.5, 0.6) is 11.5 Å². The Morgan fingerprint density at radius 3 is 1.22 bits per heavy atom. The van der Waals surface area contributed by atoms with Crippen molar-refractivity contribution >= 4 is 0 Å². The molecule has 0 radical (unpaired) electrons. The Labute approximate surface area is 329 Å². The van der Waals surface area contributed by atoms with Gasteiger partial charge in [0.05, 0.1) is 12.2 Å². The maximum absolute atomic E-state index is 13.6. The van der Waals surface area contributed by atoms with E-state index >= 15 is 0 Å². The molecule has 2 saturated heterocycles. The predicted molar refractivity (Wildman–Crippen MR) is 213 cm³/mol. The molecule has 0 aromatic heterocycles. The van der Waals surface area contributed by atoms with E-state index in [0.29, 0.717) is 48.6 Å². The van der Waals surface area contributed by atoms with Crippen LogP contribution in [0.1, 0.15) is 127 Å². The highest BCUT2D eigenvalue weighted by molar-refractivity contribution is 5.35. The van der Waals surface area contributed by atoms with Gasteiger partial charge in [-0.1, -0.05) is 64.2 Å². The Hall–Kier alpha value is -2.44. The Bertz CT molecular complexity index is 1270. The number of halogens is 4. The molecular formula is C44H70F4N4O3. The third kappa shape index (κ3) is 17.3. The van der Waals surface area contributed by atoms with Gasteiger partial charge < -0.3 is 34.5 Å². The summed E-state index contributed by atoms with van der Waals surface area (Å²) >= 11 is 0. The van der Waals surface area contributed by atoms with E-state index < -0.39 is 34.8 Å². The fourth-order valence-corrected chi connectivity index (χ4v) is 8.23. The first-order chi connectivity index (χ1) is 26.6. The minimum Gasteiger partial charge on any atom is -0.505 e. The SMILES string of the molecule is CN(CCCCCCCCCN1CCC(OC2CCN(CCCCCCCCCN(C)Cc3cc(F)cc(F)c3O)CC2)CC1)Cc1cc(F)cc(F)c1O. The second kappa shape index (κ2) is 25.0. The van der Waals surface area contributed by atoms with Gasteiger partial charge in [-0.15, -0.1) is 0 Å². The van der Waals surface area contributed by atoms with Gasteiger partial charge in [0.1, 0.15) is 11.6 Å². The van der Waals surface area contributed by atoms with Crippen LogP contribution in [0.3, 0.4) is 0 Å². The van der Waals surface area contributed by atoms with Gasteiger partial charge >= 0.3 is 0 Å². The second-order valence-electron chi connectivity index (χ2n) is 16.4. The summed E-state index contributed by atoms with van der Waals surface area (Å²) in [6.45, 7) is 9.33. The second-order valence-corrected chi connectivity index (χ2v) is 16.4. The van der Waals surface area contributed by atoms with Crippen molar-refractivity contribution in [3.63, 3.8) is 0 Å². The number of benzene rings is 2. The third-order valence-corrected chi connectivity index (χ3v) is 11.6. The molecule has 0 atom stereocenters. The summed E-state index contributed by atoms with van der Waals surface area (Å²) in [6, 6.07) is 3.84. The number of rotatable bonds is 26. The number of nitrogens with zero attached hydrogens (tertiary/aromatic N) is 4. The molecule has 312 valence electrons. The van der Waals surface area contributed by atoms with Gasteiger partial charge in [0.15, 0.2) is 23.1 Å². The van der Waals surface area contributed by atoms with Crippen LogP contribution in [0.4, 0.5) is 17.6 Å². The van der Waals surface area contributed by atoms with Crippen molar-refractivity contribution < 1.29 is 32.5 Å². The van der Waals surface area contributed by atoms with Crippen LogP contribution < -0.4 is 0 Å². The van der Waals surface area contributed by atoms with Crippen LogP contribution in [0.25, 0.3) is 0 Å². The van der Waals surface area contributed by atoms with Gasteiger partial charge in [-0.05, 0) is 104 Å². The zero-order valence-electron chi connectivity index (χ0n) is 33.9. The molecule has 2 N–H and O–H groups in total. The van der Waals surface area contributed by atoms with Crippen molar-refractivity contribution in [2.24, 2.45) is 0 Å². The lowest BCUT2D eigenvalue weighted by atomic mass is 10.0. The molecular weight excluding hydrogens is 709 g/mol. The topological polar surface area (TPSA) is 62.7 Å². The molecule has 2 fully saturated rings. The Morgan fingerprint density at radius 1 is 0.527 bits per heavy atom. The van der Waals surface area contributed by atoms with Gasteiger partial charge in [-0.3, -0.25) is 0 Å². The number of likely N-dealkylation sites (tertiary alicyclic amines) is 2. The summed E-state index contributed by atoms with van der Waals surface area (Å²) < 4.78 is 60.7. The van der Waals surface area contributed by atoms with E-state index in [1.807, 2.05) is 23.9 Å². The molecule has 0 bridgehead atoms. The number of unbranched alkanes of at least 4 members (excludes halogenated alkanes) is 12. The van der Waals surface area contributed by atoms with E-state index in [2.05, 4.69) is 9.80 Å².